The molecule has 0 aliphatic carbocycles. The topological polar surface area (TPSA) is 96.5 Å². The molecule has 1 N–H and O–H groups in total. The Morgan fingerprint density at radius 1 is 1.10 bits per heavy atom. The number of aromatic nitrogens is 1. The predicted molar refractivity (Wildman–Crippen MR) is 110 cm³/mol. The van der Waals surface area contributed by atoms with Crippen molar-refractivity contribution < 1.29 is 22.7 Å². The fraction of sp³-hybridized carbons (Fsp3) is 0.200. The molecule has 0 spiro atoms. The van der Waals surface area contributed by atoms with Crippen molar-refractivity contribution in [3.05, 3.63) is 64.8 Å². The van der Waals surface area contributed by atoms with Crippen LogP contribution in [-0.2, 0) is 14.8 Å². The number of aromatic amines is 1. The van der Waals surface area contributed by atoms with Crippen molar-refractivity contribution in [1.29, 1.82) is 0 Å². The molecule has 0 fully saturated rings. The number of halogens is 1. The van der Waals surface area contributed by atoms with Gasteiger partial charge in [0.05, 0.1) is 15.5 Å². The Morgan fingerprint density at radius 3 is 2.48 bits per heavy atom. The summed E-state index contributed by atoms with van der Waals surface area (Å²) in [6.07, 6.45) is 0.473. The monoisotopic (exact) mass is 434 g/mol. The molecule has 1 atom stereocenters. The summed E-state index contributed by atoms with van der Waals surface area (Å²) in [5.74, 6) is -1.27. The molecule has 0 saturated heterocycles. The van der Waals surface area contributed by atoms with Gasteiger partial charge < -0.3 is 9.72 Å². The smallest absolute Gasteiger partial charge is 0.340 e. The van der Waals surface area contributed by atoms with Crippen LogP contribution in [0.1, 0.15) is 27.6 Å². The van der Waals surface area contributed by atoms with Crippen molar-refractivity contribution in [3.63, 3.8) is 0 Å². The Balaban J connectivity index is 1.85. The summed E-state index contributed by atoms with van der Waals surface area (Å²) in [6.45, 7) is 1.45. The second-order valence-electron chi connectivity index (χ2n) is 6.59. The Hall–Kier alpha value is -2.68. The zero-order valence-electron chi connectivity index (χ0n) is 16.0. The highest BCUT2D eigenvalue weighted by Gasteiger charge is 2.26. The Labute approximate surface area is 173 Å². The maximum absolute atomic E-state index is 12.8. The lowest BCUT2D eigenvalue weighted by Crippen LogP contribution is -2.25. The van der Waals surface area contributed by atoms with Gasteiger partial charge in [-0.3, -0.25) is 4.79 Å². The molecule has 7 nitrogen and oxygen atoms in total. The molecule has 0 aliphatic heterocycles. The van der Waals surface area contributed by atoms with Crippen LogP contribution in [0.4, 0.5) is 0 Å². The normalized spacial score (nSPS) is 12.9. The van der Waals surface area contributed by atoms with E-state index in [0.717, 1.165) is 21.3 Å². The fourth-order valence-electron chi connectivity index (χ4n) is 2.80. The van der Waals surface area contributed by atoms with E-state index in [1.807, 2.05) is 12.1 Å². The molecule has 0 radical (unpaired) electrons. The van der Waals surface area contributed by atoms with Crippen molar-refractivity contribution in [2.45, 2.75) is 17.9 Å². The molecule has 0 aliphatic rings. The Kier molecular flexibility index (Phi) is 5.79. The highest BCUT2D eigenvalue weighted by Crippen LogP contribution is 2.24. The van der Waals surface area contributed by atoms with Crippen molar-refractivity contribution in [1.82, 2.24) is 9.29 Å². The average Bonchev–Trinajstić information content (AvgIpc) is 3.11. The number of benzene rings is 2. The minimum absolute atomic E-state index is 0.0273. The van der Waals surface area contributed by atoms with E-state index in [1.165, 1.54) is 33.2 Å². The molecule has 3 aromatic rings. The third-order valence-electron chi connectivity index (χ3n) is 4.44. The van der Waals surface area contributed by atoms with Gasteiger partial charge >= 0.3 is 5.97 Å². The van der Waals surface area contributed by atoms with Gasteiger partial charge in [-0.1, -0.05) is 29.8 Å². The summed E-state index contributed by atoms with van der Waals surface area (Å²) < 4.78 is 30.9. The lowest BCUT2D eigenvalue weighted by Gasteiger charge is -2.15. The van der Waals surface area contributed by atoms with Gasteiger partial charge in [-0.25, -0.2) is 17.5 Å². The van der Waals surface area contributed by atoms with Gasteiger partial charge in [0, 0.05) is 36.8 Å². The maximum atomic E-state index is 12.8. The number of ether oxygens (including phenoxy) is 1. The largest absolute Gasteiger partial charge is 0.451 e. The predicted octanol–water partition coefficient (Wildman–Crippen LogP) is 3.50. The molecule has 1 aromatic heterocycles. The summed E-state index contributed by atoms with van der Waals surface area (Å²) >= 11 is 6.06. The van der Waals surface area contributed by atoms with Crippen molar-refractivity contribution in [3.8, 4) is 0 Å². The lowest BCUT2D eigenvalue weighted by atomic mass is 10.1. The molecular weight excluding hydrogens is 416 g/mol. The van der Waals surface area contributed by atoms with E-state index in [2.05, 4.69) is 4.98 Å². The van der Waals surface area contributed by atoms with Crippen LogP contribution in [0, 0.1) is 0 Å². The zero-order chi connectivity index (χ0) is 21.3. The first-order valence-corrected chi connectivity index (χ1v) is 10.5. The second-order valence-corrected chi connectivity index (χ2v) is 9.15. The van der Waals surface area contributed by atoms with Gasteiger partial charge in [0.15, 0.2) is 6.10 Å². The van der Waals surface area contributed by atoms with E-state index < -0.39 is 22.1 Å². The number of ketones is 1. The number of carbonyl (C=O) groups excluding carboxylic acids is 2. The number of sulfonamides is 1. The van der Waals surface area contributed by atoms with Gasteiger partial charge in [-0.05, 0) is 31.2 Å². The number of carbonyl (C=O) groups is 2. The van der Waals surface area contributed by atoms with Crippen molar-refractivity contribution >= 4 is 44.3 Å². The van der Waals surface area contributed by atoms with Crippen LogP contribution < -0.4 is 0 Å². The number of hydrogen-bond acceptors (Lipinski definition) is 5. The molecule has 0 saturated carbocycles. The first-order chi connectivity index (χ1) is 13.6. The number of hydrogen-bond donors (Lipinski definition) is 1. The lowest BCUT2D eigenvalue weighted by molar-refractivity contribution is 0.0319. The molecular formula is C20H19ClN2O5S. The number of para-hydroxylation sites is 1. The van der Waals surface area contributed by atoms with Gasteiger partial charge in [-0.15, -0.1) is 0 Å². The Morgan fingerprint density at radius 2 is 1.79 bits per heavy atom. The molecule has 2 aromatic carbocycles. The molecule has 29 heavy (non-hydrogen) atoms. The molecule has 9 heteroatoms. The molecule has 0 bridgehead atoms. The van der Waals surface area contributed by atoms with Crippen molar-refractivity contribution in [2.24, 2.45) is 0 Å². The minimum atomic E-state index is -3.76. The highest BCUT2D eigenvalue weighted by atomic mass is 35.5. The van der Waals surface area contributed by atoms with Crippen molar-refractivity contribution in [2.75, 3.05) is 14.1 Å². The summed E-state index contributed by atoms with van der Waals surface area (Å²) in [7, 11) is -1.00. The number of nitrogens with zero attached hydrogens (tertiary/aromatic N) is 1. The SMILES string of the molecule is CC(OC(=O)c1cc(S(=O)(=O)N(C)C)ccc1Cl)C(=O)c1c[nH]c2ccccc12. The number of fused-ring (bicyclic) bond motifs is 1. The quantitative estimate of drug-likeness (QED) is 0.473. The van der Waals surface area contributed by atoms with Gasteiger partial charge in [0.25, 0.3) is 0 Å². The zero-order valence-corrected chi connectivity index (χ0v) is 17.5. The first kappa shape index (κ1) is 21.0. The van der Waals surface area contributed by atoms with Crippen LogP contribution in [0.15, 0.2) is 53.6 Å². The Bertz CT molecular complexity index is 1200. The molecule has 0 amide bonds. The van der Waals surface area contributed by atoms with Crippen LogP contribution in [-0.4, -0.2) is 49.7 Å². The number of Topliss-reactive ketones (excluding diaryl/α,β-unsaturated/α-hetero) is 1. The molecule has 3 rings (SSSR count). The minimum Gasteiger partial charge on any atom is -0.451 e. The standard InChI is InChI=1S/C20H19ClN2O5S/c1-12(19(24)16-11-22-18-7-5-4-6-14(16)18)28-20(25)15-10-13(8-9-17(15)21)29(26,27)23(2)3/h4-12,22H,1-3H3. The number of esters is 1. The number of nitrogens with one attached hydrogen (secondary N) is 1. The van der Waals surface area contributed by atoms with E-state index in [9.17, 15) is 18.0 Å². The summed E-state index contributed by atoms with van der Waals surface area (Å²) in [5.41, 5.74) is 1.06. The molecule has 1 heterocycles. The van der Waals surface area contributed by atoms with Gasteiger partial charge in [0.1, 0.15) is 0 Å². The van der Waals surface area contributed by atoms with Crippen LogP contribution in [0.25, 0.3) is 10.9 Å². The third-order valence-corrected chi connectivity index (χ3v) is 6.58. The fourth-order valence-corrected chi connectivity index (χ4v) is 3.93. The third kappa shape index (κ3) is 4.05. The van der Waals surface area contributed by atoms with Crippen LogP contribution in [0.2, 0.25) is 5.02 Å². The van der Waals surface area contributed by atoms with Crippen LogP contribution >= 0.6 is 11.6 Å². The van der Waals surface area contributed by atoms with E-state index in [1.54, 1.807) is 18.3 Å². The second kappa shape index (κ2) is 7.98. The molecule has 1 unspecified atom stereocenters. The maximum Gasteiger partial charge on any atom is 0.340 e. The average molecular weight is 435 g/mol. The van der Waals surface area contributed by atoms with Gasteiger partial charge in [0.2, 0.25) is 15.8 Å². The van der Waals surface area contributed by atoms with Crippen LogP contribution in [0.5, 0.6) is 0 Å². The van der Waals surface area contributed by atoms with E-state index in [-0.39, 0.29) is 21.3 Å². The highest BCUT2D eigenvalue weighted by molar-refractivity contribution is 7.89. The van der Waals surface area contributed by atoms with E-state index in [0.29, 0.717) is 5.56 Å². The van der Waals surface area contributed by atoms with E-state index >= 15 is 0 Å². The number of H-pyrrole nitrogens is 1. The van der Waals surface area contributed by atoms with E-state index in [4.69, 9.17) is 16.3 Å². The summed E-state index contributed by atoms with van der Waals surface area (Å²) in [6, 6.07) is 11.0. The first-order valence-electron chi connectivity index (χ1n) is 8.66. The summed E-state index contributed by atoms with van der Waals surface area (Å²) in [5, 5.41) is 0.747. The van der Waals surface area contributed by atoms with Gasteiger partial charge in [-0.2, -0.15) is 0 Å². The van der Waals surface area contributed by atoms with Crippen LogP contribution in [0.3, 0.4) is 0 Å². The number of rotatable bonds is 6. The summed E-state index contributed by atoms with van der Waals surface area (Å²) in [4.78, 5) is 28.2. The molecule has 152 valence electrons.